The Hall–Kier alpha value is -3.32. The van der Waals surface area contributed by atoms with Crippen LogP contribution in [0.3, 0.4) is 0 Å². The first-order valence-corrected chi connectivity index (χ1v) is 15.5. The molecule has 2 aromatic carbocycles. The van der Waals surface area contributed by atoms with Crippen LogP contribution >= 0.6 is 24.0 Å². The molecule has 3 heterocycles. The molecule has 0 atom stereocenters. The highest BCUT2D eigenvalue weighted by Gasteiger charge is 2.33. The Balaban J connectivity index is 1.49. The van der Waals surface area contributed by atoms with Crippen molar-refractivity contribution in [2.75, 3.05) is 26.7 Å². The first-order valence-electron chi connectivity index (χ1n) is 12.8. The molecule has 0 saturated carbocycles. The number of hydrogen-bond donors (Lipinski definition) is 0. The minimum absolute atomic E-state index is 0.139. The summed E-state index contributed by atoms with van der Waals surface area (Å²) < 4.78 is 35.9. The van der Waals surface area contributed by atoms with Crippen molar-refractivity contribution in [1.82, 2.24) is 19.0 Å². The summed E-state index contributed by atoms with van der Waals surface area (Å²) >= 11 is 6.50. The van der Waals surface area contributed by atoms with E-state index in [9.17, 15) is 18.0 Å². The van der Waals surface area contributed by atoms with Crippen LogP contribution in [0.4, 0.5) is 0 Å². The van der Waals surface area contributed by atoms with Crippen molar-refractivity contribution in [2.45, 2.75) is 24.7 Å². The molecular formula is C28H28N4O5S3. The molecule has 1 aromatic heterocycles. The predicted octanol–water partition coefficient (Wildman–Crippen LogP) is 4.33. The van der Waals surface area contributed by atoms with Crippen molar-refractivity contribution in [2.24, 2.45) is 5.92 Å². The molecule has 0 N–H and O–H groups in total. The zero-order valence-electron chi connectivity index (χ0n) is 22.0. The van der Waals surface area contributed by atoms with Crippen LogP contribution in [0, 0.1) is 5.92 Å². The smallest absolute Gasteiger partial charge is 0.309 e. The van der Waals surface area contributed by atoms with Crippen LogP contribution < -0.4 is 0 Å². The van der Waals surface area contributed by atoms with Crippen LogP contribution in [0.5, 0.6) is 0 Å². The summed E-state index contributed by atoms with van der Waals surface area (Å²) in [5, 5.41) is 4.78. The van der Waals surface area contributed by atoms with Gasteiger partial charge in [0.25, 0.3) is 5.91 Å². The number of piperidine rings is 1. The number of amides is 1. The molecule has 0 aliphatic carbocycles. The van der Waals surface area contributed by atoms with E-state index in [1.807, 2.05) is 36.5 Å². The van der Waals surface area contributed by atoms with E-state index < -0.39 is 10.0 Å². The van der Waals surface area contributed by atoms with Crippen molar-refractivity contribution >= 4 is 56.3 Å². The average Bonchev–Trinajstić information content (AvgIpc) is 3.50. The lowest BCUT2D eigenvalue weighted by atomic mass is 9.98. The third-order valence-electron chi connectivity index (χ3n) is 6.86. The Morgan fingerprint density at radius 2 is 1.88 bits per heavy atom. The van der Waals surface area contributed by atoms with E-state index in [0.717, 1.165) is 5.69 Å². The molecular weight excluding hydrogens is 569 g/mol. The van der Waals surface area contributed by atoms with Crippen molar-refractivity contribution in [3.63, 3.8) is 0 Å². The fraction of sp³-hybridized carbons (Fsp3) is 0.286. The number of nitrogens with zero attached hydrogens (tertiary/aromatic N) is 4. The number of ether oxygens (including phenoxy) is 1. The van der Waals surface area contributed by atoms with E-state index in [1.165, 1.54) is 21.0 Å². The lowest BCUT2D eigenvalue weighted by Crippen LogP contribution is -2.40. The van der Waals surface area contributed by atoms with Gasteiger partial charge in [-0.2, -0.15) is 9.40 Å². The second-order valence-electron chi connectivity index (χ2n) is 9.41. The second-order valence-corrected chi connectivity index (χ2v) is 13.0. The number of rotatable bonds is 7. The van der Waals surface area contributed by atoms with E-state index in [4.69, 9.17) is 22.1 Å². The van der Waals surface area contributed by atoms with Crippen LogP contribution in [0.1, 0.15) is 25.3 Å². The van der Waals surface area contributed by atoms with E-state index in [0.29, 0.717) is 45.5 Å². The number of thiocarbonyl (C=S) groups is 1. The molecule has 0 unspecified atom stereocenters. The molecule has 208 valence electrons. The molecule has 40 heavy (non-hydrogen) atoms. The Bertz CT molecular complexity index is 1590. The number of thioether (sulfide) groups is 1. The highest BCUT2D eigenvalue weighted by molar-refractivity contribution is 8.26. The maximum Gasteiger partial charge on any atom is 0.309 e. The highest BCUT2D eigenvalue weighted by atomic mass is 32.2. The number of carbonyl (C=O) groups is 2. The van der Waals surface area contributed by atoms with Gasteiger partial charge in [0, 0.05) is 37.5 Å². The molecule has 12 heteroatoms. The summed E-state index contributed by atoms with van der Waals surface area (Å²) in [7, 11) is -2.17. The second kappa shape index (κ2) is 11.7. The number of esters is 1. The highest BCUT2D eigenvalue weighted by Crippen LogP contribution is 2.35. The normalized spacial score (nSPS) is 18.1. The van der Waals surface area contributed by atoms with Crippen molar-refractivity contribution in [1.29, 1.82) is 0 Å². The summed E-state index contributed by atoms with van der Waals surface area (Å²) in [6.07, 6.45) is 4.39. The van der Waals surface area contributed by atoms with E-state index in [2.05, 4.69) is 0 Å². The number of hydrogen-bond acceptors (Lipinski definition) is 8. The molecule has 0 bridgehead atoms. The maximum absolute atomic E-state index is 13.6. The third-order valence-corrected chi connectivity index (χ3v) is 10.2. The minimum Gasteiger partial charge on any atom is -0.466 e. The van der Waals surface area contributed by atoms with Gasteiger partial charge in [0.2, 0.25) is 10.0 Å². The Morgan fingerprint density at radius 1 is 1.15 bits per heavy atom. The minimum atomic E-state index is -3.81. The first kappa shape index (κ1) is 28.2. The van der Waals surface area contributed by atoms with Gasteiger partial charge in [0.05, 0.1) is 28.0 Å². The Kier molecular flexibility index (Phi) is 8.22. The molecule has 5 rings (SSSR count). The molecule has 1 amide bonds. The van der Waals surface area contributed by atoms with Crippen LogP contribution in [0.25, 0.3) is 23.0 Å². The van der Waals surface area contributed by atoms with Crippen molar-refractivity contribution in [3.8, 4) is 16.9 Å². The quantitative estimate of drug-likeness (QED) is 0.226. The largest absolute Gasteiger partial charge is 0.466 e. The lowest BCUT2D eigenvalue weighted by Gasteiger charge is -2.30. The monoisotopic (exact) mass is 596 g/mol. The molecule has 0 spiro atoms. The molecule has 2 aliphatic rings. The fourth-order valence-electron chi connectivity index (χ4n) is 4.66. The fourth-order valence-corrected chi connectivity index (χ4v) is 7.35. The van der Waals surface area contributed by atoms with Gasteiger partial charge in [0.15, 0.2) is 0 Å². The maximum atomic E-state index is 13.6. The first-order chi connectivity index (χ1) is 19.2. The van der Waals surface area contributed by atoms with Gasteiger partial charge >= 0.3 is 5.97 Å². The topological polar surface area (TPSA) is 102 Å². The molecule has 2 aliphatic heterocycles. The molecule has 3 aromatic rings. The number of benzene rings is 2. The third kappa shape index (κ3) is 5.62. The SMILES string of the molecule is CCOC(=O)C1CCN(S(=O)(=O)c2cccc(-c3nn(-c4ccccc4)cc3C=C3SC(=S)N(C)C3=O)c2)CC1. The van der Waals surface area contributed by atoms with E-state index >= 15 is 0 Å². The summed E-state index contributed by atoms with van der Waals surface area (Å²) in [6, 6.07) is 16.2. The van der Waals surface area contributed by atoms with Gasteiger partial charge in [0.1, 0.15) is 10.0 Å². The average molecular weight is 597 g/mol. The standard InChI is InChI=1S/C28H28N4O5S3/c1-3-37-27(34)19-12-14-31(15-13-19)40(35,36)23-11-7-8-20(16-23)25-21(17-24-26(33)30(2)28(38)39-24)18-32(29-25)22-9-5-4-6-10-22/h4-11,16-19H,3,12-15H2,1-2H3. The molecule has 2 saturated heterocycles. The molecule has 2 fully saturated rings. The van der Waals surface area contributed by atoms with Gasteiger partial charge < -0.3 is 4.74 Å². The Labute approximate surface area is 242 Å². The van der Waals surface area contributed by atoms with Gasteiger partial charge in [-0.1, -0.05) is 54.3 Å². The summed E-state index contributed by atoms with van der Waals surface area (Å²) in [5.41, 5.74) is 2.60. The summed E-state index contributed by atoms with van der Waals surface area (Å²) in [5.74, 6) is -0.766. The van der Waals surface area contributed by atoms with Crippen LogP contribution in [0.15, 0.2) is 70.6 Å². The van der Waals surface area contributed by atoms with Crippen LogP contribution in [-0.2, 0) is 24.3 Å². The number of carbonyl (C=O) groups excluding carboxylic acids is 2. The van der Waals surface area contributed by atoms with Crippen LogP contribution in [-0.4, -0.2) is 70.3 Å². The van der Waals surface area contributed by atoms with Crippen molar-refractivity contribution < 1.29 is 22.7 Å². The van der Waals surface area contributed by atoms with Gasteiger partial charge in [-0.15, -0.1) is 0 Å². The number of sulfonamides is 1. The van der Waals surface area contributed by atoms with E-state index in [1.54, 1.807) is 49.0 Å². The Morgan fingerprint density at radius 3 is 2.52 bits per heavy atom. The zero-order valence-corrected chi connectivity index (χ0v) is 24.5. The van der Waals surface area contributed by atoms with Gasteiger partial charge in [-0.05, 0) is 50.1 Å². The summed E-state index contributed by atoms with van der Waals surface area (Å²) in [4.78, 5) is 26.8. The van der Waals surface area contributed by atoms with Crippen LogP contribution in [0.2, 0.25) is 0 Å². The van der Waals surface area contributed by atoms with Gasteiger partial charge in [-0.25, -0.2) is 13.1 Å². The van der Waals surface area contributed by atoms with E-state index in [-0.39, 0.29) is 35.8 Å². The molecule has 0 radical (unpaired) electrons. The van der Waals surface area contributed by atoms with Crippen molar-refractivity contribution in [3.05, 3.63) is 71.3 Å². The lowest BCUT2D eigenvalue weighted by molar-refractivity contribution is -0.149. The predicted molar refractivity (Wildman–Crippen MR) is 158 cm³/mol. The van der Waals surface area contributed by atoms with Gasteiger partial charge in [-0.3, -0.25) is 14.5 Å². The number of para-hydroxylation sites is 1. The number of aromatic nitrogens is 2. The zero-order chi connectivity index (χ0) is 28.4. The summed E-state index contributed by atoms with van der Waals surface area (Å²) in [6.45, 7) is 2.54. The molecule has 9 nitrogen and oxygen atoms in total. The number of likely N-dealkylation sites (N-methyl/N-ethyl adjacent to an activating group) is 1.